The first-order valence-electron chi connectivity index (χ1n) is 11.4. The Balaban J connectivity index is 1.57. The maximum absolute atomic E-state index is 13.7. The number of H-pyrrole nitrogens is 1. The molecule has 168 valence electrons. The van der Waals surface area contributed by atoms with E-state index < -0.39 is 0 Å². The molecule has 0 atom stereocenters. The van der Waals surface area contributed by atoms with Gasteiger partial charge >= 0.3 is 0 Å². The third-order valence-corrected chi connectivity index (χ3v) is 5.92. The van der Waals surface area contributed by atoms with Crippen molar-refractivity contribution in [2.24, 2.45) is 0 Å². The number of halogens is 1. The molecular formula is C30H21FN4. The van der Waals surface area contributed by atoms with Crippen LogP contribution in [0.5, 0.6) is 0 Å². The third kappa shape index (κ3) is 4.04. The van der Waals surface area contributed by atoms with Gasteiger partial charge in [0, 0.05) is 22.9 Å². The van der Waals surface area contributed by atoms with Crippen molar-refractivity contribution >= 4 is 0 Å². The van der Waals surface area contributed by atoms with Gasteiger partial charge in [-0.2, -0.15) is 5.10 Å². The molecule has 2 heterocycles. The Morgan fingerprint density at radius 1 is 0.600 bits per heavy atom. The highest BCUT2D eigenvalue weighted by molar-refractivity contribution is 5.84. The van der Waals surface area contributed by atoms with Crippen LogP contribution in [0.25, 0.3) is 50.8 Å². The molecule has 0 unspecified atom stereocenters. The smallest absolute Gasteiger partial charge is 0.142 e. The maximum atomic E-state index is 13.7. The summed E-state index contributed by atoms with van der Waals surface area (Å²) in [4.78, 5) is 8.62. The standard InChI is InChI=1S/C30H21FN4/c31-24-18-16-23(17-19-24)27-26(20-35(34-27)25-14-8-3-9-15-25)30-32-28(21-10-4-1-5-11-21)29(33-30)22-12-6-2-7-13-22/h1-20H,(H,32,33). The van der Waals surface area contributed by atoms with E-state index in [0.717, 1.165) is 45.0 Å². The zero-order valence-electron chi connectivity index (χ0n) is 18.8. The van der Waals surface area contributed by atoms with E-state index in [1.165, 1.54) is 12.1 Å². The molecule has 6 rings (SSSR count). The highest BCUT2D eigenvalue weighted by Crippen LogP contribution is 2.36. The molecule has 0 saturated heterocycles. The number of aromatic nitrogens is 4. The monoisotopic (exact) mass is 456 g/mol. The number of rotatable bonds is 5. The van der Waals surface area contributed by atoms with Gasteiger partial charge in [-0.05, 0) is 36.4 Å². The number of benzene rings is 4. The fourth-order valence-corrected chi connectivity index (χ4v) is 4.20. The van der Waals surface area contributed by atoms with E-state index in [1.54, 1.807) is 12.1 Å². The Bertz CT molecular complexity index is 1510. The summed E-state index contributed by atoms with van der Waals surface area (Å²) >= 11 is 0. The van der Waals surface area contributed by atoms with Crippen LogP contribution in [0.15, 0.2) is 121 Å². The Morgan fingerprint density at radius 3 is 1.83 bits per heavy atom. The normalized spacial score (nSPS) is 11.0. The first kappa shape index (κ1) is 20.8. The maximum Gasteiger partial charge on any atom is 0.142 e. The molecule has 0 aliphatic heterocycles. The lowest BCUT2D eigenvalue weighted by molar-refractivity contribution is 0.628. The number of aromatic amines is 1. The molecule has 0 fully saturated rings. The molecule has 0 aliphatic carbocycles. The van der Waals surface area contributed by atoms with E-state index >= 15 is 0 Å². The van der Waals surface area contributed by atoms with Gasteiger partial charge in [0.2, 0.25) is 0 Å². The van der Waals surface area contributed by atoms with Crippen LogP contribution < -0.4 is 0 Å². The van der Waals surface area contributed by atoms with Gasteiger partial charge in [-0.3, -0.25) is 0 Å². The number of hydrogen-bond donors (Lipinski definition) is 1. The predicted molar refractivity (Wildman–Crippen MR) is 137 cm³/mol. The fraction of sp³-hybridized carbons (Fsp3) is 0. The van der Waals surface area contributed by atoms with E-state index in [-0.39, 0.29) is 5.82 Å². The lowest BCUT2D eigenvalue weighted by atomic mass is 10.1. The Hall–Kier alpha value is -4.77. The molecule has 4 nitrogen and oxygen atoms in total. The number of nitrogens with one attached hydrogen (secondary N) is 1. The van der Waals surface area contributed by atoms with Crippen LogP contribution in [-0.4, -0.2) is 19.7 Å². The summed E-state index contributed by atoms with van der Waals surface area (Å²) in [5, 5.41) is 4.88. The molecule has 0 amide bonds. The van der Waals surface area contributed by atoms with Crippen LogP contribution in [0.1, 0.15) is 0 Å². The van der Waals surface area contributed by atoms with Crippen molar-refractivity contribution in [3.63, 3.8) is 0 Å². The summed E-state index contributed by atoms with van der Waals surface area (Å²) in [6.07, 6.45) is 1.97. The minimum Gasteiger partial charge on any atom is -0.337 e. The number of hydrogen-bond acceptors (Lipinski definition) is 2. The second kappa shape index (κ2) is 8.88. The van der Waals surface area contributed by atoms with E-state index in [0.29, 0.717) is 5.82 Å². The van der Waals surface area contributed by atoms with Gasteiger partial charge in [0.05, 0.1) is 22.6 Å². The lowest BCUT2D eigenvalue weighted by Gasteiger charge is -2.02. The molecular weight excluding hydrogens is 435 g/mol. The summed E-state index contributed by atoms with van der Waals surface area (Å²) in [6.45, 7) is 0. The van der Waals surface area contributed by atoms with Gasteiger partial charge in [-0.25, -0.2) is 14.1 Å². The summed E-state index contributed by atoms with van der Waals surface area (Å²) in [5.41, 5.74) is 7.17. The second-order valence-electron chi connectivity index (χ2n) is 8.22. The first-order chi connectivity index (χ1) is 17.3. The number of para-hydroxylation sites is 1. The van der Waals surface area contributed by atoms with Gasteiger partial charge in [-0.15, -0.1) is 0 Å². The van der Waals surface area contributed by atoms with Crippen molar-refractivity contribution in [2.45, 2.75) is 0 Å². The van der Waals surface area contributed by atoms with Crippen LogP contribution in [0.2, 0.25) is 0 Å². The van der Waals surface area contributed by atoms with Gasteiger partial charge < -0.3 is 4.98 Å². The van der Waals surface area contributed by atoms with Crippen LogP contribution in [0, 0.1) is 5.82 Å². The minimum absolute atomic E-state index is 0.284. The lowest BCUT2D eigenvalue weighted by Crippen LogP contribution is -1.94. The zero-order valence-corrected chi connectivity index (χ0v) is 18.8. The van der Waals surface area contributed by atoms with Gasteiger partial charge in [0.15, 0.2) is 0 Å². The van der Waals surface area contributed by atoms with Gasteiger partial charge in [-0.1, -0.05) is 78.9 Å². The third-order valence-electron chi connectivity index (χ3n) is 5.92. The quantitative estimate of drug-likeness (QED) is 0.294. The molecule has 4 aromatic carbocycles. The zero-order chi connectivity index (χ0) is 23.6. The molecule has 0 bridgehead atoms. The van der Waals surface area contributed by atoms with E-state index in [9.17, 15) is 4.39 Å². The van der Waals surface area contributed by atoms with Crippen molar-refractivity contribution in [2.75, 3.05) is 0 Å². The van der Waals surface area contributed by atoms with Crippen molar-refractivity contribution in [1.82, 2.24) is 19.7 Å². The average Bonchev–Trinajstić information content (AvgIpc) is 3.56. The number of nitrogens with zero attached hydrogens (tertiary/aromatic N) is 3. The largest absolute Gasteiger partial charge is 0.337 e. The van der Waals surface area contributed by atoms with Crippen molar-refractivity contribution in [3.8, 4) is 50.8 Å². The average molecular weight is 457 g/mol. The molecule has 6 aromatic rings. The summed E-state index contributed by atoms with van der Waals surface area (Å²) in [5.74, 6) is 0.415. The Morgan fingerprint density at radius 2 is 1.17 bits per heavy atom. The van der Waals surface area contributed by atoms with E-state index in [4.69, 9.17) is 10.1 Å². The van der Waals surface area contributed by atoms with Gasteiger partial charge in [0.1, 0.15) is 17.3 Å². The van der Waals surface area contributed by atoms with Crippen molar-refractivity contribution < 1.29 is 4.39 Å². The molecule has 0 radical (unpaired) electrons. The molecule has 1 N–H and O–H groups in total. The van der Waals surface area contributed by atoms with Crippen LogP contribution >= 0.6 is 0 Å². The highest BCUT2D eigenvalue weighted by atomic mass is 19.1. The van der Waals surface area contributed by atoms with Crippen LogP contribution in [0.4, 0.5) is 4.39 Å². The summed E-state index contributed by atoms with van der Waals surface area (Å²) in [6, 6.07) is 36.6. The number of imidazole rings is 1. The molecule has 35 heavy (non-hydrogen) atoms. The first-order valence-corrected chi connectivity index (χ1v) is 11.4. The Labute approximate surface area is 202 Å². The van der Waals surface area contributed by atoms with E-state index in [2.05, 4.69) is 29.2 Å². The van der Waals surface area contributed by atoms with Crippen LogP contribution in [-0.2, 0) is 0 Å². The molecule has 5 heteroatoms. The molecule has 0 spiro atoms. The molecule has 0 saturated carbocycles. The van der Waals surface area contributed by atoms with Crippen molar-refractivity contribution in [3.05, 3.63) is 127 Å². The van der Waals surface area contributed by atoms with Crippen LogP contribution in [0.3, 0.4) is 0 Å². The molecule has 0 aliphatic rings. The summed E-state index contributed by atoms with van der Waals surface area (Å²) < 4.78 is 15.5. The summed E-state index contributed by atoms with van der Waals surface area (Å²) in [7, 11) is 0. The fourth-order valence-electron chi connectivity index (χ4n) is 4.20. The van der Waals surface area contributed by atoms with Crippen molar-refractivity contribution in [1.29, 1.82) is 0 Å². The SMILES string of the molecule is Fc1ccc(-c2nn(-c3ccccc3)cc2-c2nc(-c3ccccc3)c(-c3ccccc3)[nH]2)cc1. The minimum atomic E-state index is -0.284. The predicted octanol–water partition coefficient (Wildman–Crippen LogP) is 7.40. The molecule has 2 aromatic heterocycles. The van der Waals surface area contributed by atoms with Gasteiger partial charge in [0.25, 0.3) is 0 Å². The second-order valence-corrected chi connectivity index (χ2v) is 8.22. The highest BCUT2D eigenvalue weighted by Gasteiger charge is 2.21. The Kier molecular flexibility index (Phi) is 5.28. The van der Waals surface area contributed by atoms with E-state index in [1.807, 2.05) is 77.6 Å². The topological polar surface area (TPSA) is 46.5 Å².